The molecular weight excluding hydrogens is 222 g/mol. The Bertz CT molecular complexity index is 265. The van der Waals surface area contributed by atoms with Gasteiger partial charge in [0, 0.05) is 32.6 Å². The highest BCUT2D eigenvalue weighted by Gasteiger charge is 2.19. The zero-order valence-corrected chi connectivity index (χ0v) is 11.6. The molecule has 18 heavy (non-hydrogen) atoms. The molecule has 2 rings (SSSR count). The highest BCUT2D eigenvalue weighted by Crippen LogP contribution is 2.24. The molecule has 2 fully saturated rings. The molecule has 2 aliphatic rings. The Labute approximate surface area is 112 Å². The van der Waals surface area contributed by atoms with Gasteiger partial charge in [-0.05, 0) is 38.3 Å². The van der Waals surface area contributed by atoms with Crippen molar-refractivity contribution in [3.8, 4) is 6.07 Å². The minimum absolute atomic E-state index is 0.683. The molecule has 0 aromatic heterocycles. The van der Waals surface area contributed by atoms with Gasteiger partial charge in [0.25, 0.3) is 0 Å². The normalized spacial score (nSPS) is 24.6. The van der Waals surface area contributed by atoms with Gasteiger partial charge < -0.3 is 9.80 Å². The smallest absolute Gasteiger partial charge is 0.0635 e. The van der Waals surface area contributed by atoms with E-state index in [4.69, 9.17) is 5.26 Å². The summed E-state index contributed by atoms with van der Waals surface area (Å²) in [4.78, 5) is 5.13. The third kappa shape index (κ3) is 4.59. The topological polar surface area (TPSA) is 30.3 Å². The molecule has 3 nitrogen and oxygen atoms in total. The van der Waals surface area contributed by atoms with Gasteiger partial charge in [-0.3, -0.25) is 0 Å². The Morgan fingerprint density at radius 3 is 2.39 bits per heavy atom. The molecule has 0 spiro atoms. The third-order valence-corrected chi connectivity index (χ3v) is 4.46. The first-order chi connectivity index (χ1) is 8.88. The predicted molar refractivity (Wildman–Crippen MR) is 74.3 cm³/mol. The molecule has 0 aromatic carbocycles. The molecule has 102 valence electrons. The molecule has 0 unspecified atom stereocenters. The lowest BCUT2D eigenvalue weighted by atomic mass is 9.89. The number of nitrogens with zero attached hydrogens (tertiary/aromatic N) is 3. The Balaban J connectivity index is 1.69. The van der Waals surface area contributed by atoms with Gasteiger partial charge in [-0.25, -0.2) is 0 Å². The molecule has 1 saturated heterocycles. The van der Waals surface area contributed by atoms with E-state index in [2.05, 4.69) is 15.9 Å². The van der Waals surface area contributed by atoms with E-state index in [1.807, 2.05) is 0 Å². The van der Waals surface area contributed by atoms with E-state index in [1.54, 1.807) is 0 Å². The average molecular weight is 249 g/mol. The van der Waals surface area contributed by atoms with Crippen LogP contribution >= 0.6 is 0 Å². The zero-order chi connectivity index (χ0) is 12.6. The molecule has 0 amide bonds. The molecule has 0 aromatic rings. The van der Waals surface area contributed by atoms with E-state index in [9.17, 15) is 0 Å². The summed E-state index contributed by atoms with van der Waals surface area (Å²) in [7, 11) is 0. The number of nitriles is 1. The minimum Gasteiger partial charge on any atom is -0.302 e. The van der Waals surface area contributed by atoms with Crippen molar-refractivity contribution in [1.29, 1.82) is 5.26 Å². The largest absolute Gasteiger partial charge is 0.302 e. The van der Waals surface area contributed by atoms with E-state index in [1.165, 1.54) is 64.7 Å². The third-order valence-electron chi connectivity index (χ3n) is 4.46. The first kappa shape index (κ1) is 13.8. The van der Waals surface area contributed by atoms with E-state index in [0.29, 0.717) is 6.42 Å². The molecule has 1 aliphatic carbocycles. The number of rotatable bonds is 4. The van der Waals surface area contributed by atoms with Gasteiger partial charge in [0.15, 0.2) is 0 Å². The molecule has 1 aliphatic heterocycles. The molecular formula is C15H27N3. The summed E-state index contributed by atoms with van der Waals surface area (Å²) in [6, 6.07) is 2.26. The fourth-order valence-corrected chi connectivity index (χ4v) is 3.37. The van der Waals surface area contributed by atoms with Gasteiger partial charge >= 0.3 is 0 Å². The van der Waals surface area contributed by atoms with Crippen LogP contribution in [0.5, 0.6) is 0 Å². The minimum atomic E-state index is 0.683. The standard InChI is InChI=1S/C15H27N3/c16-8-4-9-17-10-5-11-18(13-12-17)14-15-6-2-1-3-7-15/h15H,1-7,9-14H2. The maximum Gasteiger partial charge on any atom is 0.0635 e. The van der Waals surface area contributed by atoms with Gasteiger partial charge in [0.1, 0.15) is 0 Å². The molecule has 0 atom stereocenters. The van der Waals surface area contributed by atoms with Crippen LogP contribution < -0.4 is 0 Å². The Morgan fingerprint density at radius 2 is 1.61 bits per heavy atom. The van der Waals surface area contributed by atoms with Crippen molar-refractivity contribution in [2.24, 2.45) is 5.92 Å². The lowest BCUT2D eigenvalue weighted by Gasteiger charge is -2.28. The monoisotopic (exact) mass is 249 g/mol. The van der Waals surface area contributed by atoms with E-state index in [0.717, 1.165) is 19.0 Å². The Morgan fingerprint density at radius 1 is 0.889 bits per heavy atom. The molecule has 0 bridgehead atoms. The van der Waals surface area contributed by atoms with Crippen LogP contribution in [0.15, 0.2) is 0 Å². The van der Waals surface area contributed by atoms with Crippen LogP contribution in [0, 0.1) is 17.2 Å². The number of hydrogen-bond donors (Lipinski definition) is 0. The van der Waals surface area contributed by atoms with Crippen molar-refractivity contribution in [1.82, 2.24) is 9.80 Å². The SMILES string of the molecule is N#CCCN1CCCN(CC2CCCCC2)CC1. The summed E-state index contributed by atoms with van der Waals surface area (Å²) < 4.78 is 0. The predicted octanol–water partition coefficient (Wildman–Crippen LogP) is 2.49. The van der Waals surface area contributed by atoms with Gasteiger partial charge in [-0.1, -0.05) is 19.3 Å². The molecule has 3 heteroatoms. The summed E-state index contributed by atoms with van der Waals surface area (Å²) in [6.45, 7) is 7.11. The van der Waals surface area contributed by atoms with E-state index < -0.39 is 0 Å². The summed E-state index contributed by atoms with van der Waals surface area (Å²) in [5.41, 5.74) is 0. The first-order valence-corrected chi connectivity index (χ1v) is 7.70. The summed E-state index contributed by atoms with van der Waals surface area (Å²) in [6.07, 6.45) is 9.22. The van der Waals surface area contributed by atoms with Crippen molar-refractivity contribution in [2.45, 2.75) is 44.9 Å². The Kier molecular flexibility index (Phi) is 5.96. The fraction of sp³-hybridized carbons (Fsp3) is 0.933. The lowest BCUT2D eigenvalue weighted by Crippen LogP contribution is -2.34. The molecule has 0 radical (unpaired) electrons. The second kappa shape index (κ2) is 7.76. The lowest BCUT2D eigenvalue weighted by molar-refractivity contribution is 0.202. The molecule has 1 heterocycles. The van der Waals surface area contributed by atoms with Crippen molar-refractivity contribution < 1.29 is 0 Å². The molecule has 1 saturated carbocycles. The highest BCUT2D eigenvalue weighted by molar-refractivity contribution is 4.77. The van der Waals surface area contributed by atoms with E-state index >= 15 is 0 Å². The van der Waals surface area contributed by atoms with Gasteiger partial charge in [0.2, 0.25) is 0 Å². The Hall–Kier alpha value is -0.590. The van der Waals surface area contributed by atoms with Gasteiger partial charge in [0.05, 0.1) is 6.07 Å². The van der Waals surface area contributed by atoms with Crippen LogP contribution in [-0.2, 0) is 0 Å². The summed E-state index contributed by atoms with van der Waals surface area (Å²) >= 11 is 0. The first-order valence-electron chi connectivity index (χ1n) is 7.70. The van der Waals surface area contributed by atoms with Crippen molar-refractivity contribution in [3.63, 3.8) is 0 Å². The van der Waals surface area contributed by atoms with Crippen molar-refractivity contribution in [2.75, 3.05) is 39.3 Å². The second-order valence-electron chi connectivity index (χ2n) is 5.91. The van der Waals surface area contributed by atoms with Crippen LogP contribution in [0.1, 0.15) is 44.9 Å². The highest BCUT2D eigenvalue weighted by atomic mass is 15.2. The van der Waals surface area contributed by atoms with Crippen LogP contribution in [0.3, 0.4) is 0 Å². The molecule has 0 N–H and O–H groups in total. The fourth-order valence-electron chi connectivity index (χ4n) is 3.37. The quantitative estimate of drug-likeness (QED) is 0.767. The maximum atomic E-state index is 8.65. The number of hydrogen-bond acceptors (Lipinski definition) is 3. The van der Waals surface area contributed by atoms with Crippen LogP contribution in [0.2, 0.25) is 0 Å². The van der Waals surface area contributed by atoms with Crippen molar-refractivity contribution >= 4 is 0 Å². The van der Waals surface area contributed by atoms with Crippen LogP contribution in [0.25, 0.3) is 0 Å². The van der Waals surface area contributed by atoms with Gasteiger partial charge in [-0.2, -0.15) is 5.26 Å². The maximum absolute atomic E-state index is 8.65. The van der Waals surface area contributed by atoms with Crippen LogP contribution in [0.4, 0.5) is 0 Å². The van der Waals surface area contributed by atoms with Crippen LogP contribution in [-0.4, -0.2) is 49.1 Å². The van der Waals surface area contributed by atoms with Crippen molar-refractivity contribution in [3.05, 3.63) is 0 Å². The van der Waals surface area contributed by atoms with E-state index in [-0.39, 0.29) is 0 Å². The summed E-state index contributed by atoms with van der Waals surface area (Å²) in [5.74, 6) is 0.962. The zero-order valence-electron chi connectivity index (χ0n) is 11.6. The van der Waals surface area contributed by atoms with Gasteiger partial charge in [-0.15, -0.1) is 0 Å². The second-order valence-corrected chi connectivity index (χ2v) is 5.91. The average Bonchev–Trinajstić information content (AvgIpc) is 2.63. The summed E-state index contributed by atoms with van der Waals surface area (Å²) in [5, 5.41) is 8.65.